The SMILES string of the molecule is Cc1cc(-c2c3nc(c(-c4cc(C(C)(C)C)cc(C(C)(C)C)c4)c4ccc([nH]4)c(-c4cc(C(C)(C)C)cc(C(C)(C)C)c4)c4nc(c(-c5cc(C(C)(C)C)cc(C(C)(C)C)c5)c5ccc2[nH]5)C=C4)C=C3)cc(C(C)(C)C)c1. The van der Waals surface area contributed by atoms with Crippen molar-refractivity contribution in [1.29, 1.82) is 0 Å². The molecule has 2 aliphatic heterocycles. The summed E-state index contributed by atoms with van der Waals surface area (Å²) in [7, 11) is 0. The molecule has 7 aromatic rings. The third-order valence-corrected chi connectivity index (χ3v) is 15.8. The zero-order valence-electron chi connectivity index (χ0n) is 50.9. The second-order valence-electron chi connectivity index (χ2n) is 29.7. The van der Waals surface area contributed by atoms with E-state index in [0.29, 0.717) is 0 Å². The molecule has 4 nitrogen and oxygen atoms in total. The Morgan fingerprint density at radius 3 is 0.662 bits per heavy atom. The van der Waals surface area contributed by atoms with E-state index >= 15 is 0 Å². The van der Waals surface area contributed by atoms with Gasteiger partial charge in [0.2, 0.25) is 0 Å². The number of aryl methyl sites for hydroxylation is 1. The smallest absolute Gasteiger partial charge is 0.0737 e. The van der Waals surface area contributed by atoms with Crippen LogP contribution in [0, 0.1) is 6.92 Å². The zero-order valence-corrected chi connectivity index (χ0v) is 50.9. The lowest BCUT2D eigenvalue weighted by molar-refractivity contribution is 0.568. The Balaban J connectivity index is 1.55. The average molecular weight is 1020 g/mol. The summed E-state index contributed by atoms with van der Waals surface area (Å²) in [6.07, 6.45) is 8.99. The predicted molar refractivity (Wildman–Crippen MR) is 336 cm³/mol. The van der Waals surface area contributed by atoms with E-state index in [4.69, 9.17) is 9.97 Å². The van der Waals surface area contributed by atoms with E-state index in [9.17, 15) is 0 Å². The van der Waals surface area contributed by atoms with Crippen molar-refractivity contribution in [2.24, 2.45) is 0 Å². The zero-order chi connectivity index (χ0) is 56.3. The minimum Gasteiger partial charge on any atom is -0.354 e. The summed E-state index contributed by atoms with van der Waals surface area (Å²) in [6.45, 7) is 50.9. The van der Waals surface area contributed by atoms with Gasteiger partial charge in [0.1, 0.15) is 0 Å². The highest BCUT2D eigenvalue weighted by molar-refractivity contribution is 6.00. The van der Waals surface area contributed by atoms with Crippen LogP contribution in [0.3, 0.4) is 0 Å². The highest BCUT2D eigenvalue weighted by Gasteiger charge is 2.28. The van der Waals surface area contributed by atoms with Crippen LogP contribution >= 0.6 is 0 Å². The van der Waals surface area contributed by atoms with Gasteiger partial charge in [-0.3, -0.25) is 0 Å². The van der Waals surface area contributed by atoms with Gasteiger partial charge in [-0.25, -0.2) is 9.97 Å². The number of aromatic nitrogens is 4. The van der Waals surface area contributed by atoms with E-state index < -0.39 is 0 Å². The van der Waals surface area contributed by atoms with E-state index in [1.54, 1.807) is 0 Å². The minimum atomic E-state index is -0.0942. The molecule has 0 radical (unpaired) electrons. The number of hydrogen-bond donors (Lipinski definition) is 2. The van der Waals surface area contributed by atoms with Gasteiger partial charge >= 0.3 is 0 Å². The van der Waals surface area contributed by atoms with Gasteiger partial charge in [0.25, 0.3) is 0 Å². The molecule has 0 aliphatic carbocycles. The van der Waals surface area contributed by atoms with Crippen LogP contribution in [0.5, 0.6) is 0 Å². The molecule has 77 heavy (non-hydrogen) atoms. The molecule has 0 atom stereocenters. The van der Waals surface area contributed by atoms with Crippen LogP contribution in [0.2, 0.25) is 0 Å². The summed E-state index contributed by atoms with van der Waals surface area (Å²) in [5.41, 5.74) is 26.1. The summed E-state index contributed by atoms with van der Waals surface area (Å²) in [5, 5.41) is 0. The van der Waals surface area contributed by atoms with E-state index in [1.165, 1.54) is 44.5 Å². The second-order valence-corrected chi connectivity index (χ2v) is 29.7. The van der Waals surface area contributed by atoms with Gasteiger partial charge in [-0.05, 0) is 155 Å². The van der Waals surface area contributed by atoms with Crippen LogP contribution in [0.25, 0.3) is 90.9 Å². The maximum absolute atomic E-state index is 5.84. The maximum atomic E-state index is 5.84. The van der Waals surface area contributed by atoms with Gasteiger partial charge in [0.05, 0.1) is 22.8 Å². The number of aromatic amines is 2. The Morgan fingerprint density at radius 2 is 0.455 bits per heavy atom. The van der Waals surface area contributed by atoms with Crippen molar-refractivity contribution in [2.45, 2.75) is 190 Å². The molecule has 2 aliphatic rings. The molecule has 9 rings (SSSR count). The molecule has 2 N–H and O–H groups in total. The summed E-state index contributed by atoms with van der Waals surface area (Å²) < 4.78 is 0. The Kier molecular flexibility index (Phi) is 13.5. The highest BCUT2D eigenvalue weighted by Crippen LogP contribution is 2.44. The topological polar surface area (TPSA) is 57.4 Å². The fourth-order valence-electron chi connectivity index (χ4n) is 10.7. The summed E-state index contributed by atoms with van der Waals surface area (Å²) in [5.74, 6) is 0. The van der Waals surface area contributed by atoms with Crippen molar-refractivity contribution in [1.82, 2.24) is 19.9 Å². The molecular weight excluding hydrogens is 933 g/mol. The first-order valence-electron chi connectivity index (χ1n) is 28.2. The molecule has 0 spiro atoms. The van der Waals surface area contributed by atoms with Crippen LogP contribution < -0.4 is 0 Å². The Labute approximate surface area is 463 Å². The Bertz CT molecular complexity index is 3540. The van der Waals surface area contributed by atoms with E-state index in [-0.39, 0.29) is 37.9 Å². The summed E-state index contributed by atoms with van der Waals surface area (Å²) in [6, 6.07) is 37.8. The molecule has 0 fully saturated rings. The number of benzene rings is 4. The number of fused-ring (bicyclic) bond motifs is 8. The van der Waals surface area contributed by atoms with Crippen LogP contribution in [0.15, 0.2) is 97.1 Å². The van der Waals surface area contributed by atoms with Crippen molar-refractivity contribution in [3.05, 3.63) is 164 Å². The first kappa shape index (κ1) is 55.2. The standard InChI is InChI=1S/C73H88N4/c1-43-31-44(33-48(32-43)67(2,3)4)63-55-23-25-57(74-55)64(45-34-49(68(5,6)7)40-50(35-45)69(8,9)10)59-27-29-61(76-59)66(47-38-53(72(17,18)19)42-54(39-47)73(20,21)22)62-30-28-60(77-62)65(58-26-24-56(63)75-58)46-36-51(70(11,12)13)41-52(37-46)71(14,15)16/h23-42,74,77H,1-22H3. The molecule has 0 unspecified atom stereocenters. The summed E-state index contributed by atoms with van der Waals surface area (Å²) >= 11 is 0. The quantitative estimate of drug-likeness (QED) is 0.185. The molecule has 0 amide bonds. The normalized spacial score (nSPS) is 13.7. The van der Waals surface area contributed by atoms with Gasteiger partial charge in [0, 0.05) is 44.3 Å². The fourth-order valence-corrected chi connectivity index (χ4v) is 10.7. The monoisotopic (exact) mass is 1020 g/mol. The van der Waals surface area contributed by atoms with Crippen LogP contribution in [-0.4, -0.2) is 19.9 Å². The number of nitrogens with one attached hydrogen (secondary N) is 2. The lowest BCUT2D eigenvalue weighted by Crippen LogP contribution is -2.16. The van der Waals surface area contributed by atoms with E-state index in [0.717, 1.165) is 89.4 Å². The fraction of sp³-hybridized carbons (Fsp3) is 0.397. The molecular formula is C73H88N4. The number of H-pyrrole nitrogens is 2. The van der Waals surface area contributed by atoms with Crippen LogP contribution in [-0.2, 0) is 37.9 Å². The number of hydrogen-bond acceptors (Lipinski definition) is 2. The molecule has 0 saturated heterocycles. The van der Waals surface area contributed by atoms with Crippen molar-refractivity contribution in [3.8, 4) is 44.5 Å². The molecule has 4 aromatic carbocycles. The van der Waals surface area contributed by atoms with Gasteiger partial charge in [0.15, 0.2) is 0 Å². The average Bonchev–Trinajstić information content (AvgIpc) is 4.18. The van der Waals surface area contributed by atoms with E-state index in [1.807, 2.05) is 0 Å². The van der Waals surface area contributed by atoms with Gasteiger partial charge in [-0.1, -0.05) is 224 Å². The molecule has 5 heterocycles. The minimum absolute atomic E-state index is 0.0660. The number of rotatable bonds is 4. The largest absolute Gasteiger partial charge is 0.354 e. The molecule has 8 bridgehead atoms. The maximum Gasteiger partial charge on any atom is 0.0737 e. The third kappa shape index (κ3) is 11.3. The summed E-state index contributed by atoms with van der Waals surface area (Å²) in [4.78, 5) is 19.9. The van der Waals surface area contributed by atoms with Crippen molar-refractivity contribution < 1.29 is 0 Å². The van der Waals surface area contributed by atoms with Crippen molar-refractivity contribution in [3.63, 3.8) is 0 Å². The lowest BCUT2D eigenvalue weighted by atomic mass is 9.78. The van der Waals surface area contributed by atoms with Crippen molar-refractivity contribution in [2.75, 3.05) is 0 Å². The Morgan fingerprint density at radius 1 is 0.260 bits per heavy atom. The first-order valence-corrected chi connectivity index (χ1v) is 28.2. The van der Waals surface area contributed by atoms with Crippen LogP contribution in [0.4, 0.5) is 0 Å². The van der Waals surface area contributed by atoms with Gasteiger partial charge in [-0.2, -0.15) is 0 Å². The molecule has 4 heteroatoms. The highest BCUT2D eigenvalue weighted by atomic mass is 14.8. The first-order chi connectivity index (χ1) is 35.4. The van der Waals surface area contributed by atoms with Gasteiger partial charge in [-0.15, -0.1) is 0 Å². The van der Waals surface area contributed by atoms with Crippen LogP contribution in [0.1, 0.15) is 213 Å². The van der Waals surface area contributed by atoms with Gasteiger partial charge < -0.3 is 9.97 Å². The predicted octanol–water partition coefficient (Wildman–Crippen LogP) is 20.7. The molecule has 3 aromatic heterocycles. The second kappa shape index (κ2) is 18.8. The molecule has 400 valence electrons. The number of nitrogens with zero attached hydrogens (tertiary/aromatic N) is 2. The van der Waals surface area contributed by atoms with E-state index in [2.05, 4.69) is 284 Å². The third-order valence-electron chi connectivity index (χ3n) is 15.8. The molecule has 0 saturated carbocycles. The lowest BCUT2D eigenvalue weighted by Gasteiger charge is -2.26. The van der Waals surface area contributed by atoms with Crippen molar-refractivity contribution >= 4 is 46.4 Å². The Hall–Kier alpha value is -6.52.